The second-order valence-electron chi connectivity index (χ2n) is 7.47. The molecule has 0 bridgehead atoms. The first-order chi connectivity index (χ1) is 15.7. The van der Waals surface area contributed by atoms with Crippen LogP contribution >= 0.6 is 7.60 Å². The number of fused-ring (bicyclic) bond motifs is 1. The zero-order chi connectivity index (χ0) is 23.8. The second kappa shape index (κ2) is 9.56. The molecule has 4 heterocycles. The molecule has 16 heteroatoms. The Hall–Kier alpha value is -2.23. The predicted octanol–water partition coefficient (Wildman–Crippen LogP) is -1.24. The first-order valence-electron chi connectivity index (χ1n) is 10.2. The molecule has 2 aromatic heterocycles. The highest BCUT2D eigenvalue weighted by Gasteiger charge is 2.42. The van der Waals surface area contributed by atoms with E-state index in [4.69, 9.17) is 19.9 Å². The topological polar surface area (TPSA) is 213 Å². The molecule has 0 saturated carbocycles. The molecular weight excluding hydrogens is 463 g/mol. The summed E-state index contributed by atoms with van der Waals surface area (Å²) >= 11 is 0. The Morgan fingerprint density at radius 2 is 2.24 bits per heavy atom. The minimum atomic E-state index is -4.93. The number of nitrogens with one attached hydrogen (secondary N) is 1. The van der Waals surface area contributed by atoms with Gasteiger partial charge in [0.15, 0.2) is 29.7 Å². The molecule has 2 aliphatic rings. The number of nitrogens with zero attached hydrogens (tertiary/aromatic N) is 4. The minimum absolute atomic E-state index is 0.0679. The van der Waals surface area contributed by atoms with E-state index < -0.39 is 44.1 Å². The van der Waals surface area contributed by atoms with Crippen molar-refractivity contribution in [1.82, 2.24) is 24.8 Å². The van der Waals surface area contributed by atoms with E-state index in [9.17, 15) is 24.3 Å². The molecule has 6 N–H and O–H groups in total. The van der Waals surface area contributed by atoms with Crippen LogP contribution in [-0.4, -0.2) is 84.8 Å². The molecule has 0 unspecified atom stereocenters. The predicted molar refractivity (Wildman–Crippen MR) is 109 cm³/mol. The number of nitrogens with two attached hydrogens (primary N) is 1. The molecule has 0 spiro atoms. The number of aromatic nitrogens is 4. The van der Waals surface area contributed by atoms with Crippen molar-refractivity contribution >= 4 is 30.5 Å². The molecule has 4 rings (SSSR count). The van der Waals surface area contributed by atoms with Crippen LogP contribution in [0.15, 0.2) is 6.33 Å². The van der Waals surface area contributed by atoms with E-state index in [1.54, 1.807) is 0 Å². The van der Waals surface area contributed by atoms with Crippen LogP contribution in [0.25, 0.3) is 11.2 Å². The highest BCUT2D eigenvalue weighted by molar-refractivity contribution is 7.53. The molecule has 2 aliphatic heterocycles. The maximum atomic E-state index is 11.8. The Bertz CT molecular complexity index is 1060. The van der Waals surface area contributed by atoms with Crippen LogP contribution in [-0.2, 0) is 28.3 Å². The molecule has 2 saturated heterocycles. The largest absolute Gasteiger partial charge is 0.464 e. The van der Waals surface area contributed by atoms with Crippen LogP contribution < -0.4 is 11.1 Å². The molecule has 0 amide bonds. The average molecular weight is 488 g/mol. The normalized spacial score (nSPS) is 26.7. The fraction of sp³-hybridized carbons (Fsp3) is 0.647. The number of carbonyl (C=O) groups excluding carboxylic acids is 1. The van der Waals surface area contributed by atoms with Crippen LogP contribution in [0.5, 0.6) is 0 Å². The van der Waals surface area contributed by atoms with Crippen molar-refractivity contribution in [1.29, 1.82) is 0 Å². The monoisotopic (exact) mass is 488 g/mol. The summed E-state index contributed by atoms with van der Waals surface area (Å²) in [4.78, 5) is 43.6. The van der Waals surface area contributed by atoms with Gasteiger partial charge in [0.2, 0.25) is 0 Å². The Morgan fingerprint density at radius 3 is 2.91 bits per heavy atom. The highest BCUT2D eigenvalue weighted by atomic mass is 31.2. The molecule has 5 atom stereocenters. The van der Waals surface area contributed by atoms with Crippen LogP contribution in [0.2, 0.25) is 0 Å². The molecular formula is C17H25N6O9P. The van der Waals surface area contributed by atoms with E-state index >= 15 is 0 Å². The van der Waals surface area contributed by atoms with E-state index in [0.717, 1.165) is 0 Å². The van der Waals surface area contributed by atoms with Gasteiger partial charge in [0.25, 0.3) is 5.85 Å². The average Bonchev–Trinajstić information content (AvgIpc) is 3.47. The lowest BCUT2D eigenvalue weighted by Crippen LogP contribution is -2.30. The maximum Gasteiger partial charge on any atom is 0.365 e. The zero-order valence-electron chi connectivity index (χ0n) is 17.6. The summed E-state index contributed by atoms with van der Waals surface area (Å²) in [6.45, 7) is 2.21. The lowest BCUT2D eigenvalue weighted by atomic mass is 10.2. The molecule has 2 aromatic rings. The van der Waals surface area contributed by atoms with Gasteiger partial charge in [-0.05, 0) is 6.92 Å². The van der Waals surface area contributed by atoms with Crippen LogP contribution in [0.4, 0.5) is 5.82 Å². The van der Waals surface area contributed by atoms with E-state index in [1.807, 2.05) is 0 Å². The smallest absolute Gasteiger partial charge is 0.365 e. The summed E-state index contributed by atoms with van der Waals surface area (Å²) in [5, 5.41) is 13.7. The van der Waals surface area contributed by atoms with Crippen molar-refractivity contribution in [2.75, 3.05) is 32.1 Å². The van der Waals surface area contributed by atoms with Gasteiger partial charge in [-0.2, -0.15) is 0 Å². The lowest BCUT2D eigenvalue weighted by Gasteiger charge is -2.20. The number of aliphatic hydroxyl groups is 1. The minimum Gasteiger partial charge on any atom is -0.464 e. The summed E-state index contributed by atoms with van der Waals surface area (Å²) in [6.07, 6.45) is -1.78. The zero-order valence-corrected chi connectivity index (χ0v) is 18.5. The number of aliphatic hydroxyl groups excluding tert-OH is 1. The lowest BCUT2D eigenvalue weighted by molar-refractivity contribution is -0.154. The number of rotatable bonds is 8. The summed E-state index contributed by atoms with van der Waals surface area (Å²) in [7, 11) is -4.93. The van der Waals surface area contributed by atoms with Gasteiger partial charge < -0.3 is 39.6 Å². The number of anilines is 1. The van der Waals surface area contributed by atoms with Crippen molar-refractivity contribution < 1.29 is 43.2 Å². The van der Waals surface area contributed by atoms with Crippen molar-refractivity contribution in [3.63, 3.8) is 0 Å². The van der Waals surface area contributed by atoms with Crippen molar-refractivity contribution in [3.8, 4) is 0 Å². The van der Waals surface area contributed by atoms with Gasteiger partial charge in [0.05, 0.1) is 32.3 Å². The Balaban J connectivity index is 1.50. The molecule has 0 radical (unpaired) electrons. The first kappa shape index (κ1) is 23.9. The Kier molecular flexibility index (Phi) is 6.93. The Labute approximate surface area is 187 Å². The molecule has 0 aliphatic carbocycles. The van der Waals surface area contributed by atoms with Gasteiger partial charge in [-0.25, -0.2) is 19.7 Å². The van der Waals surface area contributed by atoms with Gasteiger partial charge in [-0.15, -0.1) is 0 Å². The van der Waals surface area contributed by atoms with Gasteiger partial charge in [-0.3, -0.25) is 14.4 Å². The summed E-state index contributed by atoms with van der Waals surface area (Å²) in [5.74, 6) is -2.81. The number of nitrogen functional groups attached to an aromatic ring is 1. The van der Waals surface area contributed by atoms with Crippen LogP contribution in [0.3, 0.4) is 0 Å². The molecule has 33 heavy (non-hydrogen) atoms. The number of hydrogen-bond acceptors (Lipinski definition) is 12. The maximum absolute atomic E-state index is 11.8. The molecule has 15 nitrogen and oxygen atoms in total. The Morgan fingerprint density at radius 1 is 1.45 bits per heavy atom. The summed E-state index contributed by atoms with van der Waals surface area (Å²) < 4.78 is 34.3. The molecule has 182 valence electrons. The summed E-state index contributed by atoms with van der Waals surface area (Å²) in [5.41, 5.74) is 6.66. The number of imidazole rings is 1. The van der Waals surface area contributed by atoms with Gasteiger partial charge in [0.1, 0.15) is 11.6 Å². The van der Waals surface area contributed by atoms with E-state index in [1.165, 1.54) is 17.8 Å². The van der Waals surface area contributed by atoms with Crippen molar-refractivity contribution in [2.24, 2.45) is 0 Å². The number of esters is 1. The quantitative estimate of drug-likeness (QED) is 0.217. The summed E-state index contributed by atoms with van der Waals surface area (Å²) in [6, 6.07) is 0. The van der Waals surface area contributed by atoms with E-state index in [0.29, 0.717) is 30.1 Å². The fourth-order valence-corrected chi connectivity index (χ4v) is 4.28. The number of carbonyl (C=O) groups is 1. The van der Waals surface area contributed by atoms with Crippen molar-refractivity contribution in [3.05, 3.63) is 12.2 Å². The second-order valence-corrected chi connectivity index (χ2v) is 9.12. The third-order valence-electron chi connectivity index (χ3n) is 5.09. The van der Waals surface area contributed by atoms with E-state index in [2.05, 4.69) is 25.0 Å². The van der Waals surface area contributed by atoms with E-state index in [-0.39, 0.29) is 25.5 Å². The van der Waals surface area contributed by atoms with Gasteiger partial charge in [0, 0.05) is 13.0 Å². The third-order valence-corrected chi connectivity index (χ3v) is 6.06. The van der Waals surface area contributed by atoms with Crippen LogP contribution in [0.1, 0.15) is 31.6 Å². The number of hydrogen-bond donors (Lipinski definition) is 5. The van der Waals surface area contributed by atoms with Crippen LogP contribution in [0, 0.1) is 0 Å². The molecule has 2 fully saturated rings. The third kappa shape index (κ3) is 5.00. The fourth-order valence-electron chi connectivity index (χ4n) is 3.65. The first-order valence-corrected chi connectivity index (χ1v) is 11.9. The van der Waals surface area contributed by atoms with Gasteiger partial charge in [-0.1, -0.05) is 0 Å². The standard InChI is InChI=1S/C17H25N6O9P/c1-2-29-16(25)17(33(26,27)28)31-6-8-5-9(24)15(32-8)23-7-20-10-11(18)21-12(22-13(10)23)14-19-3-4-30-14/h7-9,14-15,17,19,24H,2-6H2,1H3,(H2,18,21,22)(H2,26,27,28)/t8-,9+,14+,15+,17+/m0/s1. The SMILES string of the molecule is CCOC(=O)[C@H](OC[C@@H]1C[C@@H](O)[C@H](n2cnc3c(N)nc([C@@H]4NCCO4)nc32)O1)P(=O)(O)O. The number of ether oxygens (including phenoxy) is 4. The molecule has 0 aromatic carbocycles. The van der Waals surface area contributed by atoms with Gasteiger partial charge >= 0.3 is 13.6 Å². The van der Waals surface area contributed by atoms with Crippen molar-refractivity contribution in [2.45, 2.75) is 43.9 Å². The highest BCUT2D eigenvalue weighted by Crippen LogP contribution is 2.43.